The predicted octanol–water partition coefficient (Wildman–Crippen LogP) is 5.27. The van der Waals surface area contributed by atoms with E-state index in [9.17, 15) is 4.79 Å². The number of hydrogen-bond donors (Lipinski definition) is 1. The van der Waals surface area contributed by atoms with Gasteiger partial charge in [-0.15, -0.1) is 0 Å². The van der Waals surface area contributed by atoms with Crippen molar-refractivity contribution in [1.82, 2.24) is 4.98 Å². The Bertz CT molecular complexity index is 808. The molecule has 3 rings (SSSR count). The molecule has 1 amide bonds. The molecule has 2 aromatic carbocycles. The first kappa shape index (κ1) is 14.5. The van der Waals surface area contributed by atoms with Crippen LogP contribution in [0.25, 0.3) is 10.2 Å². The monoisotopic (exact) mass is 380 g/mol. The Hall–Kier alpha value is -1.43. The van der Waals surface area contributed by atoms with Gasteiger partial charge >= 0.3 is 0 Å². The minimum absolute atomic E-state index is 0.190. The molecule has 0 aliphatic carbocycles. The average molecular weight is 382 g/mol. The number of thiazole rings is 1. The summed E-state index contributed by atoms with van der Waals surface area (Å²) in [6, 6.07) is 11.1. The van der Waals surface area contributed by atoms with Gasteiger partial charge in [0.2, 0.25) is 0 Å². The molecule has 0 aliphatic rings. The molecule has 21 heavy (non-hydrogen) atoms. The summed E-state index contributed by atoms with van der Waals surface area (Å²) in [6.45, 7) is 1.95. The maximum atomic E-state index is 12.2. The Morgan fingerprint density at radius 3 is 2.86 bits per heavy atom. The van der Waals surface area contributed by atoms with Gasteiger partial charge in [0.15, 0.2) is 5.13 Å². The molecule has 6 heteroatoms. The highest BCUT2D eigenvalue weighted by Crippen LogP contribution is 2.30. The van der Waals surface area contributed by atoms with Gasteiger partial charge in [0.1, 0.15) is 0 Å². The minimum atomic E-state index is -0.190. The number of aryl methyl sites for hydroxylation is 1. The maximum absolute atomic E-state index is 12.2. The lowest BCUT2D eigenvalue weighted by Gasteiger charge is -2.03. The van der Waals surface area contributed by atoms with Gasteiger partial charge in [-0.1, -0.05) is 35.1 Å². The van der Waals surface area contributed by atoms with Crippen LogP contribution in [0.1, 0.15) is 15.9 Å². The quantitative estimate of drug-likeness (QED) is 0.657. The molecule has 0 bridgehead atoms. The van der Waals surface area contributed by atoms with Crippen LogP contribution in [0.3, 0.4) is 0 Å². The van der Waals surface area contributed by atoms with Crippen LogP contribution in [0, 0.1) is 6.92 Å². The minimum Gasteiger partial charge on any atom is -0.298 e. The van der Waals surface area contributed by atoms with Gasteiger partial charge < -0.3 is 0 Å². The van der Waals surface area contributed by atoms with Crippen molar-refractivity contribution in [2.24, 2.45) is 0 Å². The summed E-state index contributed by atoms with van der Waals surface area (Å²) in [5.74, 6) is -0.190. The molecular formula is C15H10BrClN2OS. The number of hydrogen-bond acceptors (Lipinski definition) is 3. The molecule has 0 saturated carbocycles. The van der Waals surface area contributed by atoms with Crippen molar-refractivity contribution < 1.29 is 4.79 Å². The van der Waals surface area contributed by atoms with Crippen molar-refractivity contribution in [2.45, 2.75) is 6.92 Å². The number of nitrogens with one attached hydrogen (secondary N) is 1. The van der Waals surface area contributed by atoms with E-state index in [1.54, 1.807) is 6.07 Å². The molecule has 0 fully saturated rings. The first-order chi connectivity index (χ1) is 10.0. The van der Waals surface area contributed by atoms with Crippen LogP contribution in [0.15, 0.2) is 40.9 Å². The van der Waals surface area contributed by atoms with E-state index in [4.69, 9.17) is 11.6 Å². The van der Waals surface area contributed by atoms with E-state index in [2.05, 4.69) is 26.2 Å². The summed E-state index contributed by atoms with van der Waals surface area (Å²) in [5.41, 5.74) is 2.36. The van der Waals surface area contributed by atoms with Crippen LogP contribution >= 0.6 is 38.9 Å². The van der Waals surface area contributed by atoms with Gasteiger partial charge in [0, 0.05) is 9.50 Å². The van der Waals surface area contributed by atoms with Crippen molar-refractivity contribution >= 4 is 60.1 Å². The standard InChI is InChI=1S/C15H10BrClN2OS/c1-8-6-13-12(7-11(8)17)18-15(21-13)19-14(20)9-4-2-3-5-10(9)16/h2-7H,1H3,(H,18,19,20). The van der Waals surface area contributed by atoms with Gasteiger partial charge in [-0.2, -0.15) is 0 Å². The van der Waals surface area contributed by atoms with Crippen molar-refractivity contribution in [3.8, 4) is 0 Å². The molecule has 1 N–H and O–H groups in total. The zero-order chi connectivity index (χ0) is 15.0. The summed E-state index contributed by atoms with van der Waals surface area (Å²) in [5, 5.41) is 4.06. The van der Waals surface area contributed by atoms with E-state index in [1.807, 2.05) is 37.3 Å². The maximum Gasteiger partial charge on any atom is 0.258 e. The lowest BCUT2D eigenvalue weighted by atomic mass is 10.2. The Balaban J connectivity index is 1.92. The second-order valence-electron chi connectivity index (χ2n) is 4.52. The summed E-state index contributed by atoms with van der Waals surface area (Å²) >= 11 is 10.9. The number of amides is 1. The van der Waals surface area contributed by atoms with Gasteiger partial charge in [-0.05, 0) is 52.7 Å². The van der Waals surface area contributed by atoms with Crippen LogP contribution in [0.4, 0.5) is 5.13 Å². The average Bonchev–Trinajstić information content (AvgIpc) is 2.81. The topological polar surface area (TPSA) is 42.0 Å². The third-order valence-corrected chi connectivity index (χ3v) is 5.04. The molecule has 3 nitrogen and oxygen atoms in total. The van der Waals surface area contributed by atoms with Gasteiger partial charge in [-0.25, -0.2) is 4.98 Å². The van der Waals surface area contributed by atoms with Crippen molar-refractivity contribution in [1.29, 1.82) is 0 Å². The normalized spacial score (nSPS) is 10.8. The lowest BCUT2D eigenvalue weighted by molar-refractivity contribution is 0.102. The molecule has 1 aromatic heterocycles. The third kappa shape index (κ3) is 2.95. The van der Waals surface area contributed by atoms with Crippen LogP contribution in [0.2, 0.25) is 5.02 Å². The second kappa shape index (κ2) is 5.75. The fourth-order valence-corrected chi connectivity index (χ4v) is 3.48. The number of halogens is 2. The Morgan fingerprint density at radius 1 is 1.33 bits per heavy atom. The number of aromatic nitrogens is 1. The molecule has 0 unspecified atom stereocenters. The molecule has 0 spiro atoms. The van der Waals surface area contributed by atoms with Crippen LogP contribution in [-0.2, 0) is 0 Å². The first-order valence-electron chi connectivity index (χ1n) is 6.17. The van der Waals surface area contributed by atoms with E-state index in [-0.39, 0.29) is 5.91 Å². The number of rotatable bonds is 2. The van der Waals surface area contributed by atoms with Crippen LogP contribution in [-0.4, -0.2) is 10.9 Å². The molecular weight excluding hydrogens is 372 g/mol. The van der Waals surface area contributed by atoms with Crippen LogP contribution < -0.4 is 5.32 Å². The van der Waals surface area contributed by atoms with E-state index < -0.39 is 0 Å². The summed E-state index contributed by atoms with van der Waals surface area (Å²) < 4.78 is 1.75. The second-order valence-corrected chi connectivity index (χ2v) is 6.81. The molecule has 0 aliphatic heterocycles. The Morgan fingerprint density at radius 2 is 2.10 bits per heavy atom. The molecule has 0 radical (unpaired) electrons. The number of nitrogens with zero attached hydrogens (tertiary/aromatic N) is 1. The number of fused-ring (bicyclic) bond motifs is 1. The largest absolute Gasteiger partial charge is 0.298 e. The van der Waals surface area contributed by atoms with Crippen molar-refractivity contribution in [2.75, 3.05) is 5.32 Å². The highest BCUT2D eigenvalue weighted by Gasteiger charge is 2.13. The molecule has 0 saturated heterocycles. The molecule has 1 heterocycles. The fraction of sp³-hybridized carbons (Fsp3) is 0.0667. The summed E-state index contributed by atoms with van der Waals surface area (Å²) in [4.78, 5) is 16.6. The summed E-state index contributed by atoms with van der Waals surface area (Å²) in [7, 11) is 0. The van der Waals surface area contributed by atoms with Gasteiger partial charge in [-0.3, -0.25) is 10.1 Å². The van der Waals surface area contributed by atoms with Gasteiger partial charge in [0.25, 0.3) is 5.91 Å². The van der Waals surface area contributed by atoms with Crippen molar-refractivity contribution in [3.63, 3.8) is 0 Å². The highest BCUT2D eigenvalue weighted by molar-refractivity contribution is 9.10. The number of carbonyl (C=O) groups is 1. The van der Waals surface area contributed by atoms with Gasteiger partial charge in [0.05, 0.1) is 15.8 Å². The zero-order valence-electron chi connectivity index (χ0n) is 11.0. The van der Waals surface area contributed by atoms with E-state index in [0.717, 1.165) is 20.3 Å². The highest BCUT2D eigenvalue weighted by atomic mass is 79.9. The predicted molar refractivity (Wildman–Crippen MR) is 91.5 cm³/mol. The Labute approximate surface area is 139 Å². The smallest absolute Gasteiger partial charge is 0.258 e. The Kier molecular flexibility index (Phi) is 3.97. The van der Waals surface area contributed by atoms with E-state index in [1.165, 1.54) is 11.3 Å². The summed E-state index contributed by atoms with van der Waals surface area (Å²) in [6.07, 6.45) is 0. The lowest BCUT2D eigenvalue weighted by Crippen LogP contribution is -2.12. The SMILES string of the molecule is Cc1cc2sc(NC(=O)c3ccccc3Br)nc2cc1Cl. The van der Waals surface area contributed by atoms with E-state index >= 15 is 0 Å². The molecule has 106 valence electrons. The molecule has 0 atom stereocenters. The van der Waals surface area contributed by atoms with Crippen molar-refractivity contribution in [3.05, 3.63) is 57.0 Å². The zero-order valence-corrected chi connectivity index (χ0v) is 14.1. The van der Waals surface area contributed by atoms with Crippen LogP contribution in [0.5, 0.6) is 0 Å². The fourth-order valence-electron chi connectivity index (χ4n) is 1.91. The first-order valence-corrected chi connectivity index (χ1v) is 8.16. The number of benzene rings is 2. The molecule has 3 aromatic rings. The van der Waals surface area contributed by atoms with E-state index in [0.29, 0.717) is 15.7 Å². The number of anilines is 1. The number of carbonyl (C=O) groups excluding carboxylic acids is 1. The third-order valence-electron chi connectivity index (χ3n) is 3.01.